The first-order valence-electron chi connectivity index (χ1n) is 6.72. The SMILES string of the molecule is CCONC(C)CCC(C(C)C=O)C1CNC1. The van der Waals surface area contributed by atoms with E-state index in [1.165, 1.54) is 0 Å². The van der Waals surface area contributed by atoms with E-state index in [0.29, 0.717) is 24.5 Å². The molecular weight excluding hydrogens is 216 g/mol. The Balaban J connectivity index is 2.30. The third-order valence-corrected chi connectivity index (χ3v) is 3.67. The van der Waals surface area contributed by atoms with Gasteiger partial charge in [-0.15, -0.1) is 0 Å². The van der Waals surface area contributed by atoms with Gasteiger partial charge in [0.2, 0.25) is 0 Å². The Labute approximate surface area is 104 Å². The number of nitrogens with one attached hydrogen (secondary N) is 2. The Morgan fingerprint density at radius 2 is 2.12 bits per heavy atom. The molecule has 1 aliphatic rings. The zero-order valence-corrected chi connectivity index (χ0v) is 11.2. The summed E-state index contributed by atoms with van der Waals surface area (Å²) < 4.78 is 0. The van der Waals surface area contributed by atoms with E-state index in [4.69, 9.17) is 4.84 Å². The van der Waals surface area contributed by atoms with Gasteiger partial charge < -0.3 is 14.9 Å². The van der Waals surface area contributed by atoms with Gasteiger partial charge in [0.15, 0.2) is 0 Å². The lowest BCUT2D eigenvalue weighted by molar-refractivity contribution is -0.113. The van der Waals surface area contributed by atoms with Crippen molar-refractivity contribution in [3.05, 3.63) is 0 Å². The van der Waals surface area contributed by atoms with E-state index in [9.17, 15) is 4.79 Å². The molecule has 1 saturated heterocycles. The van der Waals surface area contributed by atoms with Crippen molar-refractivity contribution in [2.24, 2.45) is 17.8 Å². The number of hydrogen-bond donors (Lipinski definition) is 2. The van der Waals surface area contributed by atoms with Crippen LogP contribution < -0.4 is 10.8 Å². The average Bonchev–Trinajstić information content (AvgIpc) is 2.28. The van der Waals surface area contributed by atoms with E-state index in [0.717, 1.165) is 32.2 Å². The highest BCUT2D eigenvalue weighted by Gasteiger charge is 2.30. The third-order valence-electron chi connectivity index (χ3n) is 3.67. The lowest BCUT2D eigenvalue weighted by Crippen LogP contribution is -2.48. The number of aldehydes is 1. The standard InChI is InChI=1S/C13H26N2O2/c1-4-17-15-11(3)5-6-13(10(2)9-16)12-7-14-8-12/h9-15H,4-8H2,1-3H3. The molecule has 4 heteroatoms. The minimum atomic E-state index is 0.168. The average molecular weight is 242 g/mol. The molecule has 0 bridgehead atoms. The normalized spacial score (nSPS) is 21.6. The van der Waals surface area contributed by atoms with Gasteiger partial charge in [0.1, 0.15) is 6.29 Å². The second-order valence-electron chi connectivity index (χ2n) is 5.11. The quantitative estimate of drug-likeness (QED) is 0.473. The zero-order chi connectivity index (χ0) is 12.7. The zero-order valence-electron chi connectivity index (χ0n) is 11.2. The van der Waals surface area contributed by atoms with Crippen molar-refractivity contribution in [1.29, 1.82) is 0 Å². The summed E-state index contributed by atoms with van der Waals surface area (Å²) in [5.74, 6) is 1.36. The number of carbonyl (C=O) groups excluding carboxylic acids is 1. The van der Waals surface area contributed by atoms with Crippen molar-refractivity contribution in [1.82, 2.24) is 10.8 Å². The van der Waals surface area contributed by atoms with E-state index < -0.39 is 0 Å². The van der Waals surface area contributed by atoms with Gasteiger partial charge in [-0.1, -0.05) is 6.92 Å². The van der Waals surface area contributed by atoms with E-state index in [1.54, 1.807) is 0 Å². The molecule has 3 atom stereocenters. The molecule has 1 heterocycles. The highest BCUT2D eigenvalue weighted by molar-refractivity contribution is 5.53. The van der Waals surface area contributed by atoms with Crippen molar-refractivity contribution in [2.45, 2.75) is 39.7 Å². The van der Waals surface area contributed by atoms with Gasteiger partial charge >= 0.3 is 0 Å². The molecule has 100 valence electrons. The van der Waals surface area contributed by atoms with Crippen LogP contribution >= 0.6 is 0 Å². The fourth-order valence-corrected chi connectivity index (χ4v) is 2.37. The number of hydrogen-bond acceptors (Lipinski definition) is 4. The molecule has 0 aromatic heterocycles. The first-order chi connectivity index (χ1) is 8.19. The van der Waals surface area contributed by atoms with Crippen molar-refractivity contribution >= 4 is 6.29 Å². The number of carbonyl (C=O) groups is 1. The topological polar surface area (TPSA) is 50.4 Å². The first-order valence-corrected chi connectivity index (χ1v) is 6.72. The smallest absolute Gasteiger partial charge is 0.123 e. The van der Waals surface area contributed by atoms with Crippen LogP contribution in [0.2, 0.25) is 0 Å². The van der Waals surface area contributed by atoms with Gasteiger partial charge in [-0.05, 0) is 51.6 Å². The van der Waals surface area contributed by atoms with Crippen LogP contribution in [0.3, 0.4) is 0 Å². The van der Waals surface area contributed by atoms with Crippen LogP contribution in [-0.2, 0) is 9.63 Å². The van der Waals surface area contributed by atoms with E-state index >= 15 is 0 Å². The summed E-state index contributed by atoms with van der Waals surface area (Å²) in [6.45, 7) is 8.95. The van der Waals surface area contributed by atoms with Crippen molar-refractivity contribution in [3.63, 3.8) is 0 Å². The van der Waals surface area contributed by atoms with Crippen LogP contribution in [-0.4, -0.2) is 32.0 Å². The van der Waals surface area contributed by atoms with Gasteiger partial charge in [0.25, 0.3) is 0 Å². The summed E-state index contributed by atoms with van der Waals surface area (Å²) in [7, 11) is 0. The summed E-state index contributed by atoms with van der Waals surface area (Å²) in [4.78, 5) is 16.1. The molecule has 2 N–H and O–H groups in total. The minimum Gasteiger partial charge on any atom is -0.316 e. The second kappa shape index (κ2) is 7.80. The maximum Gasteiger partial charge on any atom is 0.123 e. The van der Waals surface area contributed by atoms with Crippen LogP contribution in [0.25, 0.3) is 0 Å². The van der Waals surface area contributed by atoms with E-state index in [2.05, 4.69) is 17.7 Å². The van der Waals surface area contributed by atoms with E-state index in [1.807, 2.05) is 13.8 Å². The monoisotopic (exact) mass is 242 g/mol. The fourth-order valence-electron chi connectivity index (χ4n) is 2.37. The predicted molar refractivity (Wildman–Crippen MR) is 68.5 cm³/mol. The molecule has 1 aliphatic heterocycles. The highest BCUT2D eigenvalue weighted by Crippen LogP contribution is 2.28. The lowest BCUT2D eigenvalue weighted by atomic mass is 9.76. The maximum absolute atomic E-state index is 10.9. The summed E-state index contributed by atoms with van der Waals surface area (Å²) >= 11 is 0. The highest BCUT2D eigenvalue weighted by atomic mass is 16.6. The molecule has 0 aromatic carbocycles. The number of rotatable bonds is 9. The Morgan fingerprint density at radius 1 is 1.41 bits per heavy atom. The largest absolute Gasteiger partial charge is 0.316 e. The lowest BCUT2D eigenvalue weighted by Gasteiger charge is -2.37. The molecule has 17 heavy (non-hydrogen) atoms. The van der Waals surface area contributed by atoms with Gasteiger partial charge in [0, 0.05) is 12.0 Å². The van der Waals surface area contributed by atoms with Crippen LogP contribution in [0, 0.1) is 17.8 Å². The predicted octanol–water partition coefficient (Wildman–Crippen LogP) is 1.37. The van der Waals surface area contributed by atoms with Crippen LogP contribution in [0.1, 0.15) is 33.6 Å². The molecule has 0 saturated carbocycles. The summed E-state index contributed by atoms with van der Waals surface area (Å²) in [6, 6.07) is 0.351. The number of hydroxylamine groups is 1. The Hall–Kier alpha value is -0.450. The molecular formula is C13H26N2O2. The Kier molecular flexibility index (Phi) is 6.70. The second-order valence-corrected chi connectivity index (χ2v) is 5.11. The van der Waals surface area contributed by atoms with Gasteiger partial charge in [-0.25, -0.2) is 0 Å². The molecule has 3 unspecified atom stereocenters. The molecule has 0 radical (unpaired) electrons. The van der Waals surface area contributed by atoms with Gasteiger partial charge in [-0.2, -0.15) is 5.48 Å². The van der Waals surface area contributed by atoms with Crippen LogP contribution in [0.4, 0.5) is 0 Å². The van der Waals surface area contributed by atoms with Crippen LogP contribution in [0.15, 0.2) is 0 Å². The third kappa shape index (κ3) is 4.74. The molecule has 0 spiro atoms. The summed E-state index contributed by atoms with van der Waals surface area (Å²) in [6.07, 6.45) is 3.25. The minimum absolute atomic E-state index is 0.168. The fraction of sp³-hybridized carbons (Fsp3) is 0.923. The molecule has 0 aromatic rings. The first kappa shape index (κ1) is 14.6. The molecule has 0 aliphatic carbocycles. The summed E-state index contributed by atoms with van der Waals surface area (Å²) in [5, 5.41) is 3.29. The summed E-state index contributed by atoms with van der Waals surface area (Å²) in [5.41, 5.74) is 3.02. The molecule has 4 nitrogen and oxygen atoms in total. The van der Waals surface area contributed by atoms with E-state index in [-0.39, 0.29) is 5.92 Å². The molecule has 1 rings (SSSR count). The molecule has 0 amide bonds. The van der Waals surface area contributed by atoms with Crippen molar-refractivity contribution in [3.8, 4) is 0 Å². The van der Waals surface area contributed by atoms with Gasteiger partial charge in [0.05, 0.1) is 6.61 Å². The Morgan fingerprint density at radius 3 is 2.59 bits per heavy atom. The molecule has 1 fully saturated rings. The maximum atomic E-state index is 10.9. The van der Waals surface area contributed by atoms with Crippen LogP contribution in [0.5, 0.6) is 0 Å². The Bertz CT molecular complexity index is 219. The van der Waals surface area contributed by atoms with Crippen molar-refractivity contribution < 1.29 is 9.63 Å². The van der Waals surface area contributed by atoms with Gasteiger partial charge in [-0.3, -0.25) is 0 Å². The van der Waals surface area contributed by atoms with Crippen molar-refractivity contribution in [2.75, 3.05) is 19.7 Å².